The molecule has 0 saturated carbocycles. The molecule has 5 nitrogen and oxygen atoms in total. The minimum Gasteiger partial charge on any atom is -0.481 e. The van der Waals surface area contributed by atoms with Gasteiger partial charge in [0.25, 0.3) is 0 Å². The fourth-order valence-corrected chi connectivity index (χ4v) is 2.83. The molecule has 0 spiro atoms. The number of carboxylic acids is 1. The first-order valence-corrected chi connectivity index (χ1v) is 7.21. The summed E-state index contributed by atoms with van der Waals surface area (Å²) in [6.07, 6.45) is 1.85. The molecule has 1 aliphatic rings. The average molecular weight is 287 g/mol. The SMILES string of the molecule is Cc1cc(C#N)cc(N2CCCC(C(C)(C)C(=O)O)C2)n1. The Morgan fingerprint density at radius 2 is 2.24 bits per heavy atom. The summed E-state index contributed by atoms with van der Waals surface area (Å²) < 4.78 is 0. The van der Waals surface area contributed by atoms with Crippen LogP contribution in [0.25, 0.3) is 0 Å². The highest BCUT2D eigenvalue weighted by Gasteiger charge is 2.39. The maximum atomic E-state index is 11.4. The summed E-state index contributed by atoms with van der Waals surface area (Å²) in [6.45, 7) is 6.96. The van der Waals surface area contributed by atoms with Crippen molar-refractivity contribution < 1.29 is 9.90 Å². The lowest BCUT2D eigenvalue weighted by atomic mass is 9.74. The molecule has 112 valence electrons. The van der Waals surface area contributed by atoms with Crippen LogP contribution in [0.3, 0.4) is 0 Å². The fourth-order valence-electron chi connectivity index (χ4n) is 2.83. The van der Waals surface area contributed by atoms with Gasteiger partial charge in [-0.05, 0) is 51.7 Å². The zero-order valence-electron chi connectivity index (χ0n) is 12.8. The van der Waals surface area contributed by atoms with Gasteiger partial charge in [-0.1, -0.05) is 0 Å². The van der Waals surface area contributed by atoms with Crippen LogP contribution in [0.4, 0.5) is 5.82 Å². The van der Waals surface area contributed by atoms with Gasteiger partial charge in [0.15, 0.2) is 0 Å². The first-order chi connectivity index (χ1) is 9.84. The fraction of sp³-hybridized carbons (Fsp3) is 0.562. The Bertz CT molecular complexity index is 590. The maximum absolute atomic E-state index is 11.4. The van der Waals surface area contributed by atoms with Gasteiger partial charge in [0.05, 0.1) is 17.0 Å². The monoisotopic (exact) mass is 287 g/mol. The molecule has 21 heavy (non-hydrogen) atoms. The number of carboxylic acid groups (broad SMARTS) is 1. The zero-order chi connectivity index (χ0) is 15.6. The predicted molar refractivity (Wildman–Crippen MR) is 80.0 cm³/mol. The molecule has 1 unspecified atom stereocenters. The van der Waals surface area contributed by atoms with E-state index in [9.17, 15) is 9.90 Å². The zero-order valence-corrected chi connectivity index (χ0v) is 12.8. The third-order valence-corrected chi connectivity index (χ3v) is 4.39. The number of nitriles is 1. The Balaban J connectivity index is 2.24. The van der Waals surface area contributed by atoms with E-state index in [0.29, 0.717) is 12.1 Å². The molecule has 0 aromatic carbocycles. The van der Waals surface area contributed by atoms with Crippen LogP contribution in [0.2, 0.25) is 0 Å². The average Bonchev–Trinajstić information content (AvgIpc) is 2.46. The second-order valence-electron chi connectivity index (χ2n) is 6.28. The number of aliphatic carboxylic acids is 1. The molecular weight excluding hydrogens is 266 g/mol. The highest BCUT2D eigenvalue weighted by molar-refractivity contribution is 5.74. The van der Waals surface area contributed by atoms with Crippen molar-refractivity contribution in [2.75, 3.05) is 18.0 Å². The minimum atomic E-state index is -0.760. The lowest BCUT2D eigenvalue weighted by Crippen LogP contribution is -2.45. The van der Waals surface area contributed by atoms with Crippen molar-refractivity contribution in [2.24, 2.45) is 11.3 Å². The Hall–Kier alpha value is -2.09. The van der Waals surface area contributed by atoms with Crippen molar-refractivity contribution in [3.63, 3.8) is 0 Å². The standard InChI is InChI=1S/C16H21N3O2/c1-11-7-12(9-17)8-14(18-11)19-6-4-5-13(10-19)16(2,3)15(20)21/h7-8,13H,4-6,10H2,1-3H3,(H,20,21). The van der Waals surface area contributed by atoms with Gasteiger partial charge in [-0.15, -0.1) is 0 Å². The molecule has 1 atom stereocenters. The molecule has 1 aliphatic heterocycles. The van der Waals surface area contributed by atoms with Gasteiger partial charge in [-0.25, -0.2) is 4.98 Å². The summed E-state index contributed by atoms with van der Waals surface area (Å²) in [5.41, 5.74) is 0.654. The summed E-state index contributed by atoms with van der Waals surface area (Å²) >= 11 is 0. The Morgan fingerprint density at radius 3 is 2.86 bits per heavy atom. The van der Waals surface area contributed by atoms with Gasteiger partial charge in [-0.3, -0.25) is 4.79 Å². The van der Waals surface area contributed by atoms with E-state index in [0.717, 1.165) is 30.9 Å². The van der Waals surface area contributed by atoms with Gasteiger partial charge in [0.2, 0.25) is 0 Å². The van der Waals surface area contributed by atoms with Crippen molar-refractivity contribution in [3.05, 3.63) is 23.4 Å². The number of anilines is 1. The van der Waals surface area contributed by atoms with Crippen LogP contribution < -0.4 is 4.90 Å². The van der Waals surface area contributed by atoms with E-state index in [1.165, 1.54) is 0 Å². The molecule has 1 aromatic heterocycles. The number of aromatic nitrogens is 1. The number of nitrogens with zero attached hydrogens (tertiary/aromatic N) is 3. The first kappa shape index (κ1) is 15.3. The predicted octanol–water partition coefficient (Wildman–Crippen LogP) is 2.59. The summed E-state index contributed by atoms with van der Waals surface area (Å²) in [5.74, 6) is 0.0957. The van der Waals surface area contributed by atoms with Crippen molar-refractivity contribution in [1.82, 2.24) is 4.98 Å². The molecule has 1 N–H and O–H groups in total. The van der Waals surface area contributed by atoms with Crippen LogP contribution in [0.15, 0.2) is 12.1 Å². The van der Waals surface area contributed by atoms with Crippen LogP contribution >= 0.6 is 0 Å². The van der Waals surface area contributed by atoms with Crippen LogP contribution in [-0.2, 0) is 4.79 Å². The molecule has 2 rings (SSSR count). The van der Waals surface area contributed by atoms with E-state index in [-0.39, 0.29) is 5.92 Å². The quantitative estimate of drug-likeness (QED) is 0.924. The summed E-state index contributed by atoms with van der Waals surface area (Å²) in [5, 5.41) is 18.5. The van der Waals surface area contributed by atoms with Crippen LogP contribution in [-0.4, -0.2) is 29.1 Å². The maximum Gasteiger partial charge on any atom is 0.309 e. The second-order valence-corrected chi connectivity index (χ2v) is 6.28. The van der Waals surface area contributed by atoms with E-state index in [1.54, 1.807) is 26.0 Å². The molecule has 5 heteroatoms. The third kappa shape index (κ3) is 3.15. The van der Waals surface area contributed by atoms with E-state index in [2.05, 4.69) is 16.0 Å². The Morgan fingerprint density at radius 1 is 1.52 bits per heavy atom. The molecular formula is C16H21N3O2. The van der Waals surface area contributed by atoms with Gasteiger partial charge in [-0.2, -0.15) is 5.26 Å². The largest absolute Gasteiger partial charge is 0.481 e. The summed E-state index contributed by atoms with van der Waals surface area (Å²) in [7, 11) is 0. The molecule has 1 fully saturated rings. The molecule has 0 radical (unpaired) electrons. The van der Waals surface area contributed by atoms with E-state index in [1.807, 2.05) is 6.92 Å². The van der Waals surface area contributed by atoms with E-state index in [4.69, 9.17) is 5.26 Å². The van der Waals surface area contributed by atoms with E-state index >= 15 is 0 Å². The number of pyridine rings is 1. The molecule has 0 amide bonds. The molecule has 1 aromatic rings. The number of piperidine rings is 1. The normalized spacial score (nSPS) is 19.1. The highest BCUT2D eigenvalue weighted by atomic mass is 16.4. The number of carbonyl (C=O) groups is 1. The van der Waals surface area contributed by atoms with Crippen LogP contribution in [0.1, 0.15) is 37.9 Å². The first-order valence-electron chi connectivity index (χ1n) is 7.21. The summed E-state index contributed by atoms with van der Waals surface area (Å²) in [4.78, 5) is 18.0. The number of rotatable bonds is 3. The smallest absolute Gasteiger partial charge is 0.309 e. The third-order valence-electron chi connectivity index (χ3n) is 4.39. The van der Waals surface area contributed by atoms with Crippen LogP contribution in [0.5, 0.6) is 0 Å². The van der Waals surface area contributed by atoms with Gasteiger partial charge in [0.1, 0.15) is 5.82 Å². The number of aryl methyl sites for hydroxylation is 1. The summed E-state index contributed by atoms with van der Waals surface area (Å²) in [6, 6.07) is 5.68. The molecule has 2 heterocycles. The number of hydrogen-bond acceptors (Lipinski definition) is 4. The molecule has 1 saturated heterocycles. The molecule has 0 aliphatic carbocycles. The van der Waals surface area contributed by atoms with E-state index < -0.39 is 11.4 Å². The van der Waals surface area contributed by atoms with Gasteiger partial charge < -0.3 is 10.0 Å². The van der Waals surface area contributed by atoms with Crippen LogP contribution in [0, 0.1) is 29.6 Å². The van der Waals surface area contributed by atoms with Crippen molar-refractivity contribution >= 4 is 11.8 Å². The highest BCUT2D eigenvalue weighted by Crippen LogP contribution is 2.35. The van der Waals surface area contributed by atoms with Gasteiger partial charge >= 0.3 is 5.97 Å². The molecule has 0 bridgehead atoms. The number of hydrogen-bond donors (Lipinski definition) is 1. The Kier molecular flexibility index (Phi) is 4.17. The lowest BCUT2D eigenvalue weighted by molar-refractivity contribution is -0.150. The lowest BCUT2D eigenvalue weighted by Gasteiger charge is -2.39. The second kappa shape index (κ2) is 5.72. The van der Waals surface area contributed by atoms with Crippen molar-refractivity contribution in [3.8, 4) is 6.07 Å². The van der Waals surface area contributed by atoms with Crippen molar-refractivity contribution in [1.29, 1.82) is 5.26 Å². The van der Waals surface area contributed by atoms with Crippen molar-refractivity contribution in [2.45, 2.75) is 33.6 Å². The Labute approximate surface area is 125 Å². The van der Waals surface area contributed by atoms with Gasteiger partial charge in [0, 0.05) is 18.8 Å². The minimum absolute atomic E-state index is 0.0802. The topological polar surface area (TPSA) is 77.2 Å².